The van der Waals surface area contributed by atoms with Gasteiger partial charge in [0.1, 0.15) is 17.4 Å². The van der Waals surface area contributed by atoms with E-state index in [0.29, 0.717) is 61.0 Å². The summed E-state index contributed by atoms with van der Waals surface area (Å²) in [5.74, 6) is -1.93. The maximum atomic E-state index is 14.2. The minimum atomic E-state index is -1.16. The van der Waals surface area contributed by atoms with E-state index >= 15 is 0 Å². The van der Waals surface area contributed by atoms with Gasteiger partial charge in [-0.05, 0) is 81.8 Å². The third-order valence-corrected chi connectivity index (χ3v) is 9.30. The molecule has 0 saturated carbocycles. The normalized spacial score (nSPS) is 29.9. The van der Waals surface area contributed by atoms with E-state index in [4.69, 9.17) is 21.1 Å². The summed E-state index contributed by atoms with van der Waals surface area (Å²) in [6.07, 6.45) is 2.39. The number of likely N-dealkylation sites (tertiary alicyclic amines) is 1. The number of nitrogens with zero attached hydrogens (tertiary/aromatic N) is 1. The van der Waals surface area contributed by atoms with Crippen LogP contribution in [0.3, 0.4) is 0 Å². The number of nitrogens with one attached hydrogen (secondary N) is 2. The molecule has 3 aliphatic heterocycles. The second kappa shape index (κ2) is 11.6. The molecule has 3 fully saturated rings. The van der Waals surface area contributed by atoms with E-state index in [9.17, 15) is 19.5 Å². The Morgan fingerprint density at radius 2 is 1.83 bits per heavy atom. The lowest BCUT2D eigenvalue weighted by Gasteiger charge is -2.36. The van der Waals surface area contributed by atoms with Crippen molar-refractivity contribution in [2.24, 2.45) is 17.8 Å². The number of halogens is 1. The first kappa shape index (κ1) is 29.4. The number of hydrogen-bond acceptors (Lipinski definition) is 6. The molecular weight excluding hydrogens is 546 g/mol. The zero-order valence-corrected chi connectivity index (χ0v) is 24.4. The standard InChI is InChI=1S/C31H38ClN3O6/c1-4-40-21-14-12-20(13-15-21)33-27(37)24-25-29(39)35(16-8-5-9-17-36)26(31(25)18-19(2)30(24,3)41-31)28(38)34-23-11-7-6-10-22(23)32/h6-7,10-15,19,24-26,36H,4-5,8-9,16-18H2,1-3H3,(H,33,37)(H,34,38)/t19?,24-,25-,26?,30+,31?/m0/s1. The number of aliphatic hydroxyl groups is 1. The van der Waals surface area contributed by atoms with Crippen LogP contribution in [-0.4, -0.2) is 64.7 Å². The van der Waals surface area contributed by atoms with Crippen molar-refractivity contribution in [3.8, 4) is 5.75 Å². The summed E-state index contributed by atoms with van der Waals surface area (Å²) in [5, 5.41) is 15.5. The molecule has 3 saturated heterocycles. The summed E-state index contributed by atoms with van der Waals surface area (Å²) >= 11 is 6.35. The second-order valence-corrected chi connectivity index (χ2v) is 11.8. The largest absolute Gasteiger partial charge is 0.494 e. The third-order valence-electron chi connectivity index (χ3n) is 8.97. The van der Waals surface area contributed by atoms with Crippen molar-refractivity contribution < 1.29 is 29.0 Å². The van der Waals surface area contributed by atoms with Crippen LogP contribution in [0.25, 0.3) is 0 Å². The van der Waals surface area contributed by atoms with E-state index in [2.05, 4.69) is 10.6 Å². The van der Waals surface area contributed by atoms with Crippen molar-refractivity contribution in [1.29, 1.82) is 0 Å². The SMILES string of the molecule is CCOc1ccc(NC(=O)[C@@H]2[C@H]3C(=O)N(CCCCCO)C(C(=O)Nc4ccccc4Cl)C34CC(C)[C@@]2(C)O4)cc1. The first-order valence-corrected chi connectivity index (χ1v) is 14.7. The van der Waals surface area contributed by atoms with Crippen LogP contribution in [-0.2, 0) is 19.1 Å². The first-order chi connectivity index (χ1) is 19.7. The lowest BCUT2D eigenvalue weighted by Crippen LogP contribution is -2.54. The van der Waals surface area contributed by atoms with Crippen LogP contribution in [0.4, 0.5) is 11.4 Å². The average Bonchev–Trinajstić information content (AvgIpc) is 3.45. The Labute approximate surface area is 245 Å². The van der Waals surface area contributed by atoms with E-state index in [1.165, 1.54) is 0 Å². The summed E-state index contributed by atoms with van der Waals surface area (Å²) in [6, 6.07) is 13.1. The third kappa shape index (κ3) is 5.08. The fraction of sp³-hybridized carbons (Fsp3) is 0.516. The lowest BCUT2D eigenvalue weighted by molar-refractivity contribution is -0.144. The number of benzene rings is 2. The number of carbonyl (C=O) groups excluding carboxylic acids is 3. The number of aliphatic hydroxyl groups excluding tert-OH is 1. The molecule has 41 heavy (non-hydrogen) atoms. The van der Waals surface area contributed by atoms with Gasteiger partial charge in [0.15, 0.2) is 0 Å². The molecule has 3 amide bonds. The molecule has 0 radical (unpaired) electrons. The molecule has 3 aliphatic rings. The Hall–Kier alpha value is -3.14. The van der Waals surface area contributed by atoms with Crippen LogP contribution in [0.15, 0.2) is 48.5 Å². The van der Waals surface area contributed by atoms with Crippen LogP contribution in [0.2, 0.25) is 5.02 Å². The summed E-state index contributed by atoms with van der Waals surface area (Å²) in [4.78, 5) is 43.7. The smallest absolute Gasteiger partial charge is 0.250 e. The van der Waals surface area contributed by atoms with Crippen LogP contribution in [0.1, 0.15) is 46.5 Å². The van der Waals surface area contributed by atoms with Crippen molar-refractivity contribution >= 4 is 40.7 Å². The summed E-state index contributed by atoms with van der Waals surface area (Å²) in [5.41, 5.74) is -1.05. The van der Waals surface area contributed by atoms with Gasteiger partial charge in [-0.2, -0.15) is 0 Å². The molecule has 3 N–H and O–H groups in total. The lowest BCUT2D eigenvalue weighted by atomic mass is 9.62. The number of ether oxygens (including phenoxy) is 2. The van der Waals surface area contributed by atoms with Crippen molar-refractivity contribution in [2.75, 3.05) is 30.4 Å². The molecule has 6 atom stereocenters. The Balaban J connectivity index is 1.47. The first-order valence-electron chi connectivity index (χ1n) is 14.4. The monoisotopic (exact) mass is 583 g/mol. The molecule has 10 heteroatoms. The molecule has 9 nitrogen and oxygen atoms in total. The quantitative estimate of drug-likeness (QED) is 0.336. The van der Waals surface area contributed by atoms with E-state index in [-0.39, 0.29) is 30.2 Å². The predicted octanol–water partition coefficient (Wildman–Crippen LogP) is 4.49. The number of unbranched alkanes of at least 4 members (excludes halogenated alkanes) is 2. The van der Waals surface area contributed by atoms with Gasteiger partial charge in [0, 0.05) is 18.8 Å². The van der Waals surface area contributed by atoms with E-state index in [0.717, 1.165) is 0 Å². The molecule has 0 aliphatic carbocycles. The molecule has 2 aromatic rings. The van der Waals surface area contributed by atoms with Crippen molar-refractivity contribution in [3.05, 3.63) is 53.6 Å². The minimum Gasteiger partial charge on any atom is -0.494 e. The molecule has 5 rings (SSSR count). The molecular formula is C31H38ClN3O6. The van der Waals surface area contributed by atoms with Gasteiger partial charge < -0.3 is 30.1 Å². The summed E-state index contributed by atoms with van der Waals surface area (Å²) in [6.45, 7) is 6.71. The van der Waals surface area contributed by atoms with E-state index in [1.54, 1.807) is 53.4 Å². The highest BCUT2D eigenvalue weighted by atomic mass is 35.5. The molecule has 2 aromatic carbocycles. The van der Waals surface area contributed by atoms with E-state index < -0.39 is 29.1 Å². The zero-order chi connectivity index (χ0) is 29.4. The summed E-state index contributed by atoms with van der Waals surface area (Å²) < 4.78 is 12.3. The van der Waals surface area contributed by atoms with Gasteiger partial charge in [-0.3, -0.25) is 14.4 Å². The number of anilines is 2. The van der Waals surface area contributed by atoms with Gasteiger partial charge in [-0.1, -0.05) is 30.7 Å². The second-order valence-electron chi connectivity index (χ2n) is 11.4. The zero-order valence-electron chi connectivity index (χ0n) is 23.7. The minimum absolute atomic E-state index is 0.0592. The van der Waals surface area contributed by atoms with Crippen LogP contribution >= 0.6 is 11.6 Å². The predicted molar refractivity (Wildman–Crippen MR) is 156 cm³/mol. The van der Waals surface area contributed by atoms with Crippen LogP contribution in [0.5, 0.6) is 5.75 Å². The number of fused-ring (bicyclic) bond motifs is 1. The highest BCUT2D eigenvalue weighted by molar-refractivity contribution is 6.33. The van der Waals surface area contributed by atoms with Gasteiger partial charge >= 0.3 is 0 Å². The molecule has 220 valence electrons. The van der Waals surface area contributed by atoms with Crippen LogP contribution < -0.4 is 15.4 Å². The van der Waals surface area contributed by atoms with Crippen LogP contribution in [0, 0.1) is 17.8 Å². The number of rotatable bonds is 11. The average molecular weight is 584 g/mol. The Morgan fingerprint density at radius 1 is 1.10 bits per heavy atom. The maximum absolute atomic E-state index is 14.2. The Kier molecular flexibility index (Phi) is 8.32. The fourth-order valence-electron chi connectivity index (χ4n) is 7.04. The van der Waals surface area contributed by atoms with Crippen molar-refractivity contribution in [1.82, 2.24) is 4.90 Å². The topological polar surface area (TPSA) is 117 Å². The highest BCUT2D eigenvalue weighted by Crippen LogP contribution is 2.65. The van der Waals surface area contributed by atoms with Gasteiger partial charge in [0.2, 0.25) is 17.7 Å². The van der Waals surface area contributed by atoms with E-state index in [1.807, 2.05) is 20.8 Å². The Morgan fingerprint density at radius 3 is 2.51 bits per heavy atom. The Bertz CT molecular complexity index is 1310. The summed E-state index contributed by atoms with van der Waals surface area (Å²) in [7, 11) is 0. The number of para-hydroxylation sites is 1. The van der Waals surface area contributed by atoms with Crippen molar-refractivity contribution in [3.63, 3.8) is 0 Å². The maximum Gasteiger partial charge on any atom is 0.250 e. The molecule has 0 aromatic heterocycles. The molecule has 2 bridgehead atoms. The number of carbonyl (C=O) groups is 3. The number of hydrogen-bond donors (Lipinski definition) is 3. The van der Waals surface area contributed by atoms with Crippen molar-refractivity contribution in [2.45, 2.75) is 63.7 Å². The molecule has 1 spiro atoms. The molecule has 3 heterocycles. The van der Waals surface area contributed by atoms with Gasteiger partial charge in [-0.15, -0.1) is 0 Å². The van der Waals surface area contributed by atoms with Gasteiger partial charge in [0.25, 0.3) is 0 Å². The van der Waals surface area contributed by atoms with Gasteiger partial charge in [0.05, 0.1) is 34.8 Å². The number of amides is 3. The fourth-order valence-corrected chi connectivity index (χ4v) is 7.22. The van der Waals surface area contributed by atoms with Gasteiger partial charge in [-0.25, -0.2) is 0 Å². The molecule has 3 unspecified atom stereocenters. The highest BCUT2D eigenvalue weighted by Gasteiger charge is 2.79.